The summed E-state index contributed by atoms with van der Waals surface area (Å²) < 4.78 is 0. The standard InChI is InChI=1S/C18H25N3O/c22-18(21-15-6-2-1-3-7-15)10-11-19-13-14-5-4-8-17-16(14)9-12-20-17/h4-5,8-9,12,15,19-20H,1-3,6-7,10-11,13H2,(H,21,22). The number of benzene rings is 1. The van der Waals surface area contributed by atoms with Gasteiger partial charge in [-0.3, -0.25) is 4.79 Å². The number of aromatic nitrogens is 1. The molecule has 1 aromatic heterocycles. The minimum atomic E-state index is 0.180. The number of rotatable bonds is 6. The number of aromatic amines is 1. The lowest BCUT2D eigenvalue weighted by Crippen LogP contribution is -2.37. The Kier molecular flexibility index (Phi) is 5.11. The van der Waals surface area contributed by atoms with Crippen LogP contribution in [0.4, 0.5) is 0 Å². The number of nitrogens with one attached hydrogen (secondary N) is 3. The summed E-state index contributed by atoms with van der Waals surface area (Å²) in [6, 6.07) is 8.78. The largest absolute Gasteiger partial charge is 0.361 e. The minimum absolute atomic E-state index is 0.180. The summed E-state index contributed by atoms with van der Waals surface area (Å²) in [6.07, 6.45) is 8.64. The Bertz CT molecular complexity index is 614. The number of hydrogen-bond acceptors (Lipinski definition) is 2. The first-order valence-corrected chi connectivity index (χ1v) is 8.38. The van der Waals surface area contributed by atoms with Crippen molar-refractivity contribution in [1.82, 2.24) is 15.6 Å². The summed E-state index contributed by atoms with van der Waals surface area (Å²) in [4.78, 5) is 15.2. The predicted molar refractivity (Wildman–Crippen MR) is 89.6 cm³/mol. The van der Waals surface area contributed by atoms with Gasteiger partial charge in [-0.05, 0) is 30.5 Å². The van der Waals surface area contributed by atoms with E-state index in [1.54, 1.807) is 0 Å². The number of hydrogen-bond donors (Lipinski definition) is 3. The van der Waals surface area contributed by atoms with Crippen molar-refractivity contribution in [3.63, 3.8) is 0 Å². The Morgan fingerprint density at radius 2 is 2.05 bits per heavy atom. The minimum Gasteiger partial charge on any atom is -0.361 e. The Balaban J connectivity index is 1.40. The summed E-state index contributed by atoms with van der Waals surface area (Å²) in [5.74, 6) is 0.180. The normalized spacial score (nSPS) is 16.0. The van der Waals surface area contributed by atoms with E-state index in [0.717, 1.165) is 31.4 Å². The Labute approximate surface area is 131 Å². The van der Waals surface area contributed by atoms with Crippen molar-refractivity contribution >= 4 is 16.8 Å². The second kappa shape index (κ2) is 7.45. The van der Waals surface area contributed by atoms with Gasteiger partial charge in [0.15, 0.2) is 0 Å². The Hall–Kier alpha value is -1.81. The molecule has 4 nitrogen and oxygen atoms in total. The molecule has 0 aliphatic heterocycles. The molecule has 0 unspecified atom stereocenters. The first-order valence-electron chi connectivity index (χ1n) is 8.38. The molecular formula is C18H25N3O. The molecule has 22 heavy (non-hydrogen) atoms. The van der Waals surface area contributed by atoms with Crippen LogP contribution in [0, 0.1) is 0 Å². The van der Waals surface area contributed by atoms with Gasteiger partial charge in [0.05, 0.1) is 0 Å². The molecule has 0 bridgehead atoms. The van der Waals surface area contributed by atoms with E-state index < -0.39 is 0 Å². The van der Waals surface area contributed by atoms with Crippen molar-refractivity contribution < 1.29 is 4.79 Å². The lowest BCUT2D eigenvalue weighted by atomic mass is 9.95. The zero-order chi connectivity index (χ0) is 15.2. The van der Waals surface area contributed by atoms with Gasteiger partial charge in [0.2, 0.25) is 5.91 Å². The second-order valence-corrected chi connectivity index (χ2v) is 6.19. The summed E-state index contributed by atoms with van der Waals surface area (Å²) in [6.45, 7) is 1.52. The maximum atomic E-state index is 11.9. The van der Waals surface area contributed by atoms with E-state index in [0.29, 0.717) is 12.5 Å². The molecule has 0 saturated heterocycles. The number of carbonyl (C=O) groups excluding carboxylic acids is 1. The predicted octanol–water partition coefficient (Wildman–Crippen LogP) is 3.10. The average molecular weight is 299 g/mol. The summed E-state index contributed by atoms with van der Waals surface area (Å²) in [5, 5.41) is 7.79. The van der Waals surface area contributed by atoms with Crippen LogP contribution in [-0.4, -0.2) is 23.5 Å². The molecule has 1 amide bonds. The van der Waals surface area contributed by atoms with Gasteiger partial charge in [0.1, 0.15) is 0 Å². The highest BCUT2D eigenvalue weighted by atomic mass is 16.1. The third-order valence-electron chi connectivity index (χ3n) is 4.50. The smallest absolute Gasteiger partial charge is 0.221 e. The molecular weight excluding hydrogens is 274 g/mol. The maximum absolute atomic E-state index is 11.9. The van der Waals surface area contributed by atoms with Crippen molar-refractivity contribution in [2.24, 2.45) is 0 Å². The fourth-order valence-electron chi connectivity index (χ4n) is 3.28. The van der Waals surface area contributed by atoms with Crippen molar-refractivity contribution in [3.05, 3.63) is 36.0 Å². The first kappa shape index (κ1) is 15.1. The van der Waals surface area contributed by atoms with Gasteiger partial charge in [-0.1, -0.05) is 31.4 Å². The molecule has 1 fully saturated rings. The summed E-state index contributed by atoms with van der Waals surface area (Å²) in [7, 11) is 0. The van der Waals surface area contributed by atoms with Crippen molar-refractivity contribution in [3.8, 4) is 0 Å². The van der Waals surface area contributed by atoms with Crippen LogP contribution in [-0.2, 0) is 11.3 Å². The lowest BCUT2D eigenvalue weighted by Gasteiger charge is -2.22. The van der Waals surface area contributed by atoms with Crippen LogP contribution in [0.25, 0.3) is 10.9 Å². The van der Waals surface area contributed by atoms with E-state index in [1.165, 1.54) is 30.2 Å². The van der Waals surface area contributed by atoms with Crippen molar-refractivity contribution in [2.75, 3.05) is 6.54 Å². The third-order valence-corrected chi connectivity index (χ3v) is 4.50. The molecule has 0 atom stereocenters. The zero-order valence-electron chi connectivity index (χ0n) is 13.0. The second-order valence-electron chi connectivity index (χ2n) is 6.19. The highest BCUT2D eigenvalue weighted by molar-refractivity contribution is 5.82. The monoisotopic (exact) mass is 299 g/mol. The fourth-order valence-corrected chi connectivity index (χ4v) is 3.28. The van der Waals surface area contributed by atoms with Gasteiger partial charge < -0.3 is 15.6 Å². The SMILES string of the molecule is O=C(CCNCc1cccc2[nH]ccc12)NC1CCCCC1. The van der Waals surface area contributed by atoms with Crippen LogP contribution in [0.2, 0.25) is 0 Å². The van der Waals surface area contributed by atoms with Crippen molar-refractivity contribution in [2.45, 2.75) is 51.1 Å². The van der Waals surface area contributed by atoms with Gasteiger partial charge in [-0.2, -0.15) is 0 Å². The molecule has 1 aliphatic rings. The highest BCUT2D eigenvalue weighted by Crippen LogP contribution is 2.18. The van der Waals surface area contributed by atoms with Crippen LogP contribution < -0.4 is 10.6 Å². The van der Waals surface area contributed by atoms with E-state index in [4.69, 9.17) is 0 Å². The van der Waals surface area contributed by atoms with Gasteiger partial charge in [-0.25, -0.2) is 0 Å². The van der Waals surface area contributed by atoms with E-state index in [1.807, 2.05) is 6.20 Å². The molecule has 2 aromatic rings. The quantitative estimate of drug-likeness (QED) is 0.718. The van der Waals surface area contributed by atoms with Crippen molar-refractivity contribution in [1.29, 1.82) is 0 Å². The maximum Gasteiger partial charge on any atom is 0.221 e. The Morgan fingerprint density at radius 1 is 1.18 bits per heavy atom. The molecule has 1 aliphatic carbocycles. The Morgan fingerprint density at radius 3 is 2.91 bits per heavy atom. The van der Waals surface area contributed by atoms with Crippen LogP contribution in [0.15, 0.2) is 30.5 Å². The molecule has 4 heteroatoms. The number of H-pyrrole nitrogens is 1. The van der Waals surface area contributed by atoms with Crippen LogP contribution >= 0.6 is 0 Å². The molecule has 3 N–H and O–H groups in total. The van der Waals surface area contributed by atoms with Gasteiger partial charge in [0.25, 0.3) is 0 Å². The summed E-state index contributed by atoms with van der Waals surface area (Å²) >= 11 is 0. The zero-order valence-corrected chi connectivity index (χ0v) is 13.0. The first-order chi connectivity index (χ1) is 10.8. The number of carbonyl (C=O) groups is 1. The molecule has 1 saturated carbocycles. The van der Waals surface area contributed by atoms with Crippen LogP contribution in [0.1, 0.15) is 44.1 Å². The van der Waals surface area contributed by atoms with Gasteiger partial charge in [-0.15, -0.1) is 0 Å². The van der Waals surface area contributed by atoms with E-state index in [2.05, 4.69) is 39.9 Å². The van der Waals surface area contributed by atoms with Crippen LogP contribution in [0.3, 0.4) is 0 Å². The van der Waals surface area contributed by atoms with E-state index >= 15 is 0 Å². The molecule has 1 heterocycles. The van der Waals surface area contributed by atoms with E-state index in [-0.39, 0.29) is 5.91 Å². The molecule has 0 radical (unpaired) electrons. The highest BCUT2D eigenvalue weighted by Gasteiger charge is 2.15. The fraction of sp³-hybridized carbons (Fsp3) is 0.500. The average Bonchev–Trinajstić information content (AvgIpc) is 3.02. The molecule has 3 rings (SSSR count). The molecule has 118 valence electrons. The number of amides is 1. The van der Waals surface area contributed by atoms with Gasteiger partial charge >= 0.3 is 0 Å². The molecule has 0 spiro atoms. The van der Waals surface area contributed by atoms with Gasteiger partial charge in [0, 0.05) is 42.7 Å². The third kappa shape index (κ3) is 3.89. The molecule has 1 aromatic carbocycles. The summed E-state index contributed by atoms with van der Waals surface area (Å²) in [5.41, 5.74) is 2.43. The van der Waals surface area contributed by atoms with Crippen LogP contribution in [0.5, 0.6) is 0 Å². The lowest BCUT2D eigenvalue weighted by molar-refractivity contribution is -0.121. The topological polar surface area (TPSA) is 56.9 Å². The number of fused-ring (bicyclic) bond motifs is 1. The van der Waals surface area contributed by atoms with E-state index in [9.17, 15) is 4.79 Å².